The first kappa shape index (κ1) is 16.8. The van der Waals surface area contributed by atoms with Crippen molar-refractivity contribution in [3.8, 4) is 0 Å². The summed E-state index contributed by atoms with van der Waals surface area (Å²) in [6.45, 7) is 5.37. The maximum atomic E-state index is 12.5. The maximum Gasteiger partial charge on any atom is 0.311 e. The predicted octanol–water partition coefficient (Wildman–Crippen LogP) is 1.69. The number of ether oxygens (including phenoxy) is 1. The molecule has 0 spiro atoms. The number of amides is 2. The fourth-order valence-electron chi connectivity index (χ4n) is 3.48. The number of methoxy groups -OCH3 is 1. The number of esters is 1. The molecule has 0 aromatic carbocycles. The Bertz CT molecular complexity index is 468. The fourth-order valence-corrected chi connectivity index (χ4v) is 3.48. The van der Waals surface area contributed by atoms with Crippen molar-refractivity contribution >= 4 is 17.8 Å². The molecule has 0 heterocycles. The van der Waals surface area contributed by atoms with Crippen molar-refractivity contribution in [1.29, 1.82) is 0 Å². The molecule has 6 nitrogen and oxygen atoms in total. The summed E-state index contributed by atoms with van der Waals surface area (Å²) in [7, 11) is 1.42. The van der Waals surface area contributed by atoms with E-state index in [0.29, 0.717) is 38.5 Å². The van der Waals surface area contributed by atoms with E-state index in [9.17, 15) is 14.4 Å². The number of carbonyl (C=O) groups is 3. The van der Waals surface area contributed by atoms with E-state index in [4.69, 9.17) is 4.74 Å². The van der Waals surface area contributed by atoms with Gasteiger partial charge in [0.15, 0.2) is 0 Å². The first-order valence-corrected chi connectivity index (χ1v) is 7.85. The van der Waals surface area contributed by atoms with Crippen molar-refractivity contribution in [3.05, 3.63) is 0 Å². The molecule has 2 N–H and O–H groups in total. The van der Waals surface area contributed by atoms with Crippen molar-refractivity contribution in [3.63, 3.8) is 0 Å². The Kier molecular flexibility index (Phi) is 4.24. The summed E-state index contributed by atoms with van der Waals surface area (Å²) >= 11 is 0. The Labute approximate surface area is 131 Å². The lowest BCUT2D eigenvalue weighted by atomic mass is 9.53. The van der Waals surface area contributed by atoms with E-state index in [1.165, 1.54) is 7.11 Å². The van der Waals surface area contributed by atoms with Crippen LogP contribution in [-0.4, -0.2) is 24.9 Å². The average Bonchev–Trinajstić information content (AvgIpc) is 2.52. The van der Waals surface area contributed by atoms with E-state index in [2.05, 4.69) is 10.9 Å². The molecule has 2 amide bonds. The summed E-state index contributed by atoms with van der Waals surface area (Å²) in [6.07, 6.45) is 4.04. The molecule has 2 bridgehead atoms. The summed E-state index contributed by atoms with van der Waals surface area (Å²) in [5.74, 6) is -0.502. The number of hydrazine groups is 1. The molecule has 3 aliphatic rings. The van der Waals surface area contributed by atoms with Gasteiger partial charge < -0.3 is 4.74 Å². The summed E-state index contributed by atoms with van der Waals surface area (Å²) < 4.78 is 4.92. The van der Waals surface area contributed by atoms with Crippen molar-refractivity contribution in [1.82, 2.24) is 10.9 Å². The van der Waals surface area contributed by atoms with Crippen LogP contribution in [0.15, 0.2) is 0 Å². The highest BCUT2D eigenvalue weighted by atomic mass is 16.5. The number of hydrogen-bond acceptors (Lipinski definition) is 4. The lowest BCUT2D eigenvalue weighted by Crippen LogP contribution is -2.56. The number of rotatable bonds is 2. The molecule has 0 radical (unpaired) electrons. The molecule has 22 heavy (non-hydrogen) atoms. The van der Waals surface area contributed by atoms with Gasteiger partial charge in [0.1, 0.15) is 0 Å². The number of fused-ring (bicyclic) bond motifs is 3. The van der Waals surface area contributed by atoms with Crippen LogP contribution in [0.3, 0.4) is 0 Å². The molecule has 0 unspecified atom stereocenters. The van der Waals surface area contributed by atoms with Gasteiger partial charge >= 0.3 is 5.97 Å². The minimum absolute atomic E-state index is 0.136. The Morgan fingerprint density at radius 1 is 0.864 bits per heavy atom. The second-order valence-electron chi connectivity index (χ2n) is 7.71. The quantitative estimate of drug-likeness (QED) is 0.600. The number of hydrogen-bond donors (Lipinski definition) is 2. The van der Waals surface area contributed by atoms with Gasteiger partial charge in [-0.2, -0.15) is 0 Å². The molecule has 3 aliphatic carbocycles. The standard InChI is InChI=1S/C16H26N2O4/c1-14(2,3)11(19)17-18-12(20)15-5-8-16(9-6-15,10-7-15)13(21)22-4/h5-10H2,1-4H3,(H,17,19)(H,18,20). The Morgan fingerprint density at radius 2 is 1.32 bits per heavy atom. The van der Waals surface area contributed by atoms with E-state index in [0.717, 1.165) is 0 Å². The monoisotopic (exact) mass is 310 g/mol. The van der Waals surface area contributed by atoms with Crippen LogP contribution >= 0.6 is 0 Å². The van der Waals surface area contributed by atoms with E-state index in [1.807, 2.05) is 0 Å². The highest BCUT2D eigenvalue weighted by molar-refractivity contribution is 5.88. The minimum atomic E-state index is -0.551. The van der Waals surface area contributed by atoms with Crippen LogP contribution in [0, 0.1) is 16.2 Å². The first-order valence-electron chi connectivity index (χ1n) is 7.85. The van der Waals surface area contributed by atoms with Crippen LogP contribution in [-0.2, 0) is 19.1 Å². The molecule has 0 atom stereocenters. The Hall–Kier alpha value is -1.59. The molecule has 6 heteroatoms. The van der Waals surface area contributed by atoms with Crippen LogP contribution in [0.5, 0.6) is 0 Å². The van der Waals surface area contributed by atoms with E-state index in [1.54, 1.807) is 20.8 Å². The third-order valence-corrected chi connectivity index (χ3v) is 5.32. The summed E-state index contributed by atoms with van der Waals surface area (Å²) in [6, 6.07) is 0. The predicted molar refractivity (Wildman–Crippen MR) is 80.3 cm³/mol. The van der Waals surface area contributed by atoms with Crippen molar-refractivity contribution in [2.24, 2.45) is 16.2 Å². The molecular formula is C16H26N2O4. The van der Waals surface area contributed by atoms with Crippen LogP contribution in [0.25, 0.3) is 0 Å². The normalized spacial score (nSPS) is 30.5. The maximum absolute atomic E-state index is 12.5. The molecular weight excluding hydrogens is 284 g/mol. The second kappa shape index (κ2) is 5.56. The molecule has 0 saturated heterocycles. The van der Waals surface area contributed by atoms with Gasteiger partial charge in [0, 0.05) is 5.41 Å². The highest BCUT2D eigenvalue weighted by Gasteiger charge is 2.56. The van der Waals surface area contributed by atoms with Crippen LogP contribution < -0.4 is 10.9 Å². The second-order valence-corrected chi connectivity index (χ2v) is 7.71. The molecule has 3 rings (SSSR count). The lowest BCUT2D eigenvalue weighted by Gasteiger charge is -2.50. The Morgan fingerprint density at radius 3 is 1.73 bits per heavy atom. The third-order valence-electron chi connectivity index (χ3n) is 5.32. The molecule has 3 saturated carbocycles. The summed E-state index contributed by atoms with van der Waals surface area (Å²) in [4.78, 5) is 36.3. The van der Waals surface area contributed by atoms with E-state index < -0.39 is 16.2 Å². The smallest absolute Gasteiger partial charge is 0.311 e. The van der Waals surface area contributed by atoms with Gasteiger partial charge in [-0.25, -0.2) is 0 Å². The van der Waals surface area contributed by atoms with Crippen molar-refractivity contribution < 1.29 is 19.1 Å². The zero-order valence-corrected chi connectivity index (χ0v) is 13.9. The topological polar surface area (TPSA) is 84.5 Å². The summed E-state index contributed by atoms with van der Waals surface area (Å²) in [5, 5.41) is 0. The average molecular weight is 310 g/mol. The van der Waals surface area contributed by atoms with Gasteiger partial charge in [0.2, 0.25) is 11.8 Å². The van der Waals surface area contributed by atoms with Crippen molar-refractivity contribution in [2.75, 3.05) is 7.11 Å². The van der Waals surface area contributed by atoms with Gasteiger partial charge in [0.25, 0.3) is 0 Å². The molecule has 124 valence electrons. The number of carbonyl (C=O) groups excluding carboxylic acids is 3. The fraction of sp³-hybridized carbons (Fsp3) is 0.812. The SMILES string of the molecule is COC(=O)C12CCC(C(=O)NNC(=O)C(C)(C)C)(CC1)CC2. The zero-order chi connectivity index (χ0) is 16.6. The zero-order valence-electron chi connectivity index (χ0n) is 13.9. The first-order chi connectivity index (χ1) is 10.2. The van der Waals surface area contributed by atoms with Crippen LogP contribution in [0.4, 0.5) is 0 Å². The summed E-state index contributed by atoms with van der Waals surface area (Å²) in [5.41, 5.74) is 3.68. The van der Waals surface area contributed by atoms with E-state index >= 15 is 0 Å². The largest absolute Gasteiger partial charge is 0.469 e. The van der Waals surface area contributed by atoms with Crippen LogP contribution in [0.1, 0.15) is 59.3 Å². The van der Waals surface area contributed by atoms with Gasteiger partial charge in [-0.05, 0) is 38.5 Å². The molecule has 0 aromatic heterocycles. The molecule has 0 aromatic rings. The highest BCUT2D eigenvalue weighted by Crippen LogP contribution is 2.57. The van der Waals surface area contributed by atoms with Crippen molar-refractivity contribution in [2.45, 2.75) is 59.3 Å². The van der Waals surface area contributed by atoms with Gasteiger partial charge in [-0.15, -0.1) is 0 Å². The Balaban J connectivity index is 1.96. The van der Waals surface area contributed by atoms with E-state index in [-0.39, 0.29) is 17.8 Å². The lowest BCUT2D eigenvalue weighted by molar-refractivity contribution is -0.166. The van der Waals surface area contributed by atoms with Gasteiger partial charge in [0.05, 0.1) is 17.9 Å². The molecule has 3 fully saturated rings. The van der Waals surface area contributed by atoms with Gasteiger partial charge in [-0.3, -0.25) is 25.2 Å². The minimum Gasteiger partial charge on any atom is -0.469 e. The third kappa shape index (κ3) is 2.83. The number of nitrogens with one attached hydrogen (secondary N) is 2. The molecule has 0 aliphatic heterocycles. The van der Waals surface area contributed by atoms with Gasteiger partial charge in [-0.1, -0.05) is 20.8 Å². The van der Waals surface area contributed by atoms with Crippen LogP contribution in [0.2, 0.25) is 0 Å².